The van der Waals surface area contributed by atoms with Gasteiger partial charge in [0.2, 0.25) is 0 Å². The quantitative estimate of drug-likeness (QED) is 0.750. The maximum atomic E-state index is 5.66. The van der Waals surface area contributed by atoms with Crippen LogP contribution in [0, 0.1) is 5.92 Å². The first kappa shape index (κ1) is 12.0. The van der Waals surface area contributed by atoms with Crippen LogP contribution in [0.15, 0.2) is 0 Å². The SMILES string of the molecule is CC(C)CC1CCCCCN1CCN. The van der Waals surface area contributed by atoms with Crippen LogP contribution in [0.5, 0.6) is 0 Å². The zero-order valence-electron chi connectivity index (χ0n) is 9.84. The molecule has 0 aromatic carbocycles. The number of nitrogens with two attached hydrogens (primary N) is 1. The van der Waals surface area contributed by atoms with Gasteiger partial charge in [-0.25, -0.2) is 0 Å². The molecule has 1 saturated heterocycles. The van der Waals surface area contributed by atoms with Crippen LogP contribution in [0.4, 0.5) is 0 Å². The zero-order valence-corrected chi connectivity index (χ0v) is 9.84. The van der Waals surface area contributed by atoms with Crippen molar-refractivity contribution in [2.24, 2.45) is 11.7 Å². The molecule has 1 aliphatic rings. The molecule has 0 saturated carbocycles. The van der Waals surface area contributed by atoms with Gasteiger partial charge in [-0.2, -0.15) is 0 Å². The van der Waals surface area contributed by atoms with Crippen molar-refractivity contribution in [3.63, 3.8) is 0 Å². The minimum absolute atomic E-state index is 0.807. The summed E-state index contributed by atoms with van der Waals surface area (Å²) in [6.07, 6.45) is 6.93. The fourth-order valence-electron chi connectivity index (χ4n) is 2.51. The molecule has 2 N–H and O–H groups in total. The van der Waals surface area contributed by atoms with Crippen LogP contribution >= 0.6 is 0 Å². The van der Waals surface area contributed by atoms with Crippen LogP contribution in [0.2, 0.25) is 0 Å². The lowest BCUT2D eigenvalue weighted by Crippen LogP contribution is -2.39. The molecule has 1 heterocycles. The van der Waals surface area contributed by atoms with Crippen LogP contribution in [0.1, 0.15) is 46.0 Å². The van der Waals surface area contributed by atoms with Crippen LogP contribution in [-0.4, -0.2) is 30.6 Å². The van der Waals surface area contributed by atoms with E-state index in [0.29, 0.717) is 0 Å². The molecule has 0 radical (unpaired) electrons. The van der Waals surface area contributed by atoms with Crippen molar-refractivity contribution in [1.82, 2.24) is 4.90 Å². The van der Waals surface area contributed by atoms with Crippen molar-refractivity contribution in [3.8, 4) is 0 Å². The average molecular weight is 198 g/mol. The summed E-state index contributed by atoms with van der Waals surface area (Å²) in [7, 11) is 0. The van der Waals surface area contributed by atoms with Gasteiger partial charge in [-0.3, -0.25) is 4.90 Å². The van der Waals surface area contributed by atoms with E-state index in [4.69, 9.17) is 5.73 Å². The van der Waals surface area contributed by atoms with Gasteiger partial charge in [0.05, 0.1) is 0 Å². The van der Waals surface area contributed by atoms with Crippen molar-refractivity contribution in [2.45, 2.75) is 52.0 Å². The summed E-state index contributed by atoms with van der Waals surface area (Å²) in [5, 5.41) is 0. The number of nitrogens with zero attached hydrogens (tertiary/aromatic N) is 1. The molecule has 1 atom stereocenters. The Hall–Kier alpha value is -0.0800. The minimum atomic E-state index is 0.807. The minimum Gasteiger partial charge on any atom is -0.329 e. The fraction of sp³-hybridized carbons (Fsp3) is 1.00. The maximum absolute atomic E-state index is 5.66. The summed E-state index contributed by atoms with van der Waals surface area (Å²) in [5.41, 5.74) is 5.66. The third-order valence-electron chi connectivity index (χ3n) is 3.16. The van der Waals surface area contributed by atoms with Crippen molar-refractivity contribution in [1.29, 1.82) is 0 Å². The first-order chi connectivity index (χ1) is 6.74. The molecule has 0 aliphatic carbocycles. The van der Waals surface area contributed by atoms with Gasteiger partial charge in [0.15, 0.2) is 0 Å². The first-order valence-corrected chi connectivity index (χ1v) is 6.18. The Balaban J connectivity index is 2.45. The summed E-state index contributed by atoms with van der Waals surface area (Å²) in [6, 6.07) is 0.807. The number of rotatable bonds is 4. The van der Waals surface area contributed by atoms with Crippen LogP contribution in [-0.2, 0) is 0 Å². The smallest absolute Gasteiger partial charge is 0.0108 e. The summed E-state index contributed by atoms with van der Waals surface area (Å²) in [6.45, 7) is 7.83. The highest BCUT2D eigenvalue weighted by atomic mass is 15.2. The van der Waals surface area contributed by atoms with Gasteiger partial charge < -0.3 is 5.73 Å². The molecule has 0 amide bonds. The lowest BCUT2D eigenvalue weighted by Gasteiger charge is -2.30. The molecule has 1 fully saturated rings. The lowest BCUT2D eigenvalue weighted by atomic mass is 9.99. The zero-order chi connectivity index (χ0) is 10.4. The Kier molecular flexibility index (Phi) is 5.49. The second-order valence-corrected chi connectivity index (χ2v) is 4.96. The molecular formula is C12H26N2. The van der Waals surface area contributed by atoms with Gasteiger partial charge in [0.25, 0.3) is 0 Å². The molecule has 1 rings (SSSR count). The lowest BCUT2D eigenvalue weighted by molar-refractivity contribution is 0.181. The Morgan fingerprint density at radius 1 is 1.29 bits per heavy atom. The molecule has 1 aliphatic heterocycles. The molecule has 0 spiro atoms. The van der Waals surface area contributed by atoms with Crippen LogP contribution < -0.4 is 5.73 Å². The number of hydrogen-bond donors (Lipinski definition) is 1. The summed E-state index contributed by atoms with van der Waals surface area (Å²) < 4.78 is 0. The van der Waals surface area contributed by atoms with E-state index in [1.165, 1.54) is 38.6 Å². The van der Waals surface area contributed by atoms with E-state index < -0.39 is 0 Å². The highest BCUT2D eigenvalue weighted by Crippen LogP contribution is 2.21. The van der Waals surface area contributed by atoms with Crippen molar-refractivity contribution in [2.75, 3.05) is 19.6 Å². The van der Waals surface area contributed by atoms with Gasteiger partial charge in [0.1, 0.15) is 0 Å². The Morgan fingerprint density at radius 2 is 2.07 bits per heavy atom. The molecule has 1 unspecified atom stereocenters. The molecule has 2 nitrogen and oxygen atoms in total. The van der Waals surface area contributed by atoms with Crippen LogP contribution in [0.25, 0.3) is 0 Å². The topological polar surface area (TPSA) is 29.3 Å². The average Bonchev–Trinajstić information content (AvgIpc) is 2.32. The van der Waals surface area contributed by atoms with Gasteiger partial charge in [-0.15, -0.1) is 0 Å². The van der Waals surface area contributed by atoms with E-state index in [1.807, 2.05) is 0 Å². The molecule has 0 bridgehead atoms. The van der Waals surface area contributed by atoms with E-state index in [-0.39, 0.29) is 0 Å². The first-order valence-electron chi connectivity index (χ1n) is 6.18. The molecule has 14 heavy (non-hydrogen) atoms. The van der Waals surface area contributed by atoms with Crippen molar-refractivity contribution < 1.29 is 0 Å². The van der Waals surface area contributed by atoms with Gasteiger partial charge in [-0.1, -0.05) is 26.7 Å². The molecular weight excluding hydrogens is 172 g/mol. The van der Waals surface area contributed by atoms with Crippen LogP contribution in [0.3, 0.4) is 0 Å². The molecule has 84 valence electrons. The van der Waals surface area contributed by atoms with E-state index in [2.05, 4.69) is 18.7 Å². The third-order valence-corrected chi connectivity index (χ3v) is 3.16. The number of hydrogen-bond acceptors (Lipinski definition) is 2. The Labute approximate surface area is 88.8 Å². The predicted octanol–water partition coefficient (Wildman–Crippen LogP) is 2.24. The van der Waals surface area contributed by atoms with Gasteiger partial charge >= 0.3 is 0 Å². The Morgan fingerprint density at radius 3 is 2.71 bits per heavy atom. The van der Waals surface area contributed by atoms with Gasteiger partial charge in [-0.05, 0) is 31.7 Å². The summed E-state index contributed by atoms with van der Waals surface area (Å²) in [5.74, 6) is 0.818. The molecule has 0 aromatic heterocycles. The Bertz CT molecular complexity index is 145. The van der Waals surface area contributed by atoms with E-state index in [9.17, 15) is 0 Å². The van der Waals surface area contributed by atoms with E-state index in [0.717, 1.165) is 25.0 Å². The second-order valence-electron chi connectivity index (χ2n) is 4.96. The highest BCUT2D eigenvalue weighted by molar-refractivity contribution is 4.76. The standard InChI is InChI=1S/C12H26N2/c1-11(2)10-12-6-4-3-5-8-14(12)9-7-13/h11-12H,3-10,13H2,1-2H3. The largest absolute Gasteiger partial charge is 0.329 e. The van der Waals surface area contributed by atoms with Crippen molar-refractivity contribution in [3.05, 3.63) is 0 Å². The normalized spacial score (nSPS) is 25.3. The maximum Gasteiger partial charge on any atom is 0.0108 e. The summed E-state index contributed by atoms with van der Waals surface area (Å²) in [4.78, 5) is 2.62. The highest BCUT2D eigenvalue weighted by Gasteiger charge is 2.20. The predicted molar refractivity (Wildman–Crippen MR) is 62.3 cm³/mol. The monoisotopic (exact) mass is 198 g/mol. The molecule has 2 heteroatoms. The van der Waals surface area contributed by atoms with Crippen molar-refractivity contribution >= 4 is 0 Å². The molecule has 0 aromatic rings. The summed E-state index contributed by atoms with van der Waals surface area (Å²) >= 11 is 0. The van der Waals surface area contributed by atoms with E-state index in [1.54, 1.807) is 0 Å². The van der Waals surface area contributed by atoms with E-state index >= 15 is 0 Å². The second kappa shape index (κ2) is 6.41. The third kappa shape index (κ3) is 3.97. The fourth-order valence-corrected chi connectivity index (χ4v) is 2.51. The number of likely N-dealkylation sites (tertiary alicyclic amines) is 1. The van der Waals surface area contributed by atoms with Gasteiger partial charge in [0, 0.05) is 19.1 Å².